The molecule has 0 aliphatic carbocycles. The molecule has 0 aliphatic heterocycles. The van der Waals surface area contributed by atoms with Crippen LogP contribution < -0.4 is 5.32 Å². The average molecular weight is 427 g/mol. The van der Waals surface area contributed by atoms with Gasteiger partial charge in [-0.25, -0.2) is 4.79 Å². The standard InChI is InChI=1S/C25H34N2O4/c1-15(2)22(26-23(29)18-9-11-19(12-10-18)25(5,6)7)24(30)31-14-21(28)20-13-16(3)27(8)17(20)4/h9-13,15,22H,14H2,1-8H3,(H,26,29)/t22-/m0/s1. The average Bonchev–Trinajstić information content (AvgIpc) is 2.96. The van der Waals surface area contributed by atoms with E-state index in [1.807, 2.05) is 51.4 Å². The molecule has 31 heavy (non-hydrogen) atoms. The van der Waals surface area contributed by atoms with Crippen molar-refractivity contribution in [2.24, 2.45) is 13.0 Å². The van der Waals surface area contributed by atoms with E-state index in [2.05, 4.69) is 26.1 Å². The topological polar surface area (TPSA) is 77.4 Å². The van der Waals surface area contributed by atoms with Crippen LogP contribution in [0.5, 0.6) is 0 Å². The van der Waals surface area contributed by atoms with Crippen LogP contribution in [0.4, 0.5) is 0 Å². The van der Waals surface area contributed by atoms with E-state index in [1.54, 1.807) is 18.2 Å². The number of aryl methyl sites for hydroxylation is 1. The fourth-order valence-corrected chi connectivity index (χ4v) is 3.29. The number of rotatable bonds is 7. The number of carbonyl (C=O) groups excluding carboxylic acids is 3. The second-order valence-electron chi connectivity index (χ2n) is 9.40. The lowest BCUT2D eigenvalue weighted by molar-refractivity contribution is -0.145. The number of ketones is 1. The molecule has 168 valence electrons. The molecule has 6 nitrogen and oxygen atoms in total. The Bertz CT molecular complexity index is 963. The molecule has 1 heterocycles. The fraction of sp³-hybridized carbons (Fsp3) is 0.480. The summed E-state index contributed by atoms with van der Waals surface area (Å²) in [5.74, 6) is -1.42. The molecule has 2 aromatic rings. The van der Waals surface area contributed by atoms with Gasteiger partial charge in [0, 0.05) is 29.6 Å². The van der Waals surface area contributed by atoms with Crippen LogP contribution in [0.2, 0.25) is 0 Å². The van der Waals surface area contributed by atoms with Crippen LogP contribution in [0.3, 0.4) is 0 Å². The summed E-state index contributed by atoms with van der Waals surface area (Å²) >= 11 is 0. The molecule has 6 heteroatoms. The van der Waals surface area contributed by atoms with Gasteiger partial charge in [0.2, 0.25) is 5.78 Å². The van der Waals surface area contributed by atoms with Crippen molar-refractivity contribution in [3.63, 3.8) is 0 Å². The highest BCUT2D eigenvalue weighted by molar-refractivity contribution is 6.00. The van der Waals surface area contributed by atoms with Crippen LogP contribution in [0.25, 0.3) is 0 Å². The molecule has 0 fully saturated rings. The number of aromatic nitrogens is 1. The molecular weight excluding hydrogens is 392 g/mol. The molecule has 1 aromatic carbocycles. The Morgan fingerprint density at radius 1 is 1.06 bits per heavy atom. The van der Waals surface area contributed by atoms with Gasteiger partial charge in [-0.2, -0.15) is 0 Å². The Kier molecular flexibility index (Phi) is 7.47. The summed E-state index contributed by atoms with van der Waals surface area (Å²) < 4.78 is 7.19. The first-order chi connectivity index (χ1) is 14.3. The monoisotopic (exact) mass is 426 g/mol. The minimum atomic E-state index is -0.846. The summed E-state index contributed by atoms with van der Waals surface area (Å²) in [4.78, 5) is 37.8. The highest BCUT2D eigenvalue weighted by Crippen LogP contribution is 2.22. The molecule has 0 saturated heterocycles. The Balaban J connectivity index is 2.04. The summed E-state index contributed by atoms with van der Waals surface area (Å²) in [7, 11) is 1.88. The zero-order valence-corrected chi connectivity index (χ0v) is 19.8. The number of nitrogens with one attached hydrogen (secondary N) is 1. The number of benzene rings is 1. The molecule has 0 unspecified atom stereocenters. The van der Waals surface area contributed by atoms with Gasteiger partial charge in [0.25, 0.3) is 5.91 Å². The van der Waals surface area contributed by atoms with Crippen molar-refractivity contribution in [3.8, 4) is 0 Å². The lowest BCUT2D eigenvalue weighted by atomic mass is 9.86. The van der Waals surface area contributed by atoms with Gasteiger partial charge in [0.05, 0.1) is 0 Å². The minimum absolute atomic E-state index is 0.0124. The summed E-state index contributed by atoms with van der Waals surface area (Å²) in [6.07, 6.45) is 0. The molecular formula is C25H34N2O4. The summed E-state index contributed by atoms with van der Waals surface area (Å²) in [5, 5.41) is 2.75. The number of carbonyl (C=O) groups is 3. The van der Waals surface area contributed by atoms with Crippen LogP contribution in [0.1, 0.15) is 72.3 Å². The van der Waals surface area contributed by atoms with Crippen molar-refractivity contribution in [2.45, 2.75) is 59.9 Å². The van der Waals surface area contributed by atoms with Gasteiger partial charge in [0.15, 0.2) is 6.61 Å². The maximum absolute atomic E-state index is 12.7. The smallest absolute Gasteiger partial charge is 0.329 e. The van der Waals surface area contributed by atoms with Gasteiger partial charge in [-0.3, -0.25) is 9.59 Å². The SMILES string of the molecule is Cc1cc(C(=O)COC(=O)[C@@H](NC(=O)c2ccc(C(C)(C)C)cc2)C(C)C)c(C)n1C. The molecule has 1 N–H and O–H groups in total. The van der Waals surface area contributed by atoms with E-state index in [0.717, 1.165) is 17.0 Å². The predicted octanol–water partition coefficient (Wildman–Crippen LogP) is 4.12. The Morgan fingerprint density at radius 2 is 1.65 bits per heavy atom. The number of esters is 1. The van der Waals surface area contributed by atoms with E-state index < -0.39 is 12.0 Å². The maximum atomic E-state index is 12.7. The third-order valence-corrected chi connectivity index (χ3v) is 5.64. The first-order valence-electron chi connectivity index (χ1n) is 10.6. The van der Waals surface area contributed by atoms with Gasteiger partial charge < -0.3 is 14.6 Å². The summed E-state index contributed by atoms with van der Waals surface area (Å²) in [6.45, 7) is 13.4. The fourth-order valence-electron chi connectivity index (χ4n) is 3.29. The van der Waals surface area contributed by atoms with E-state index in [-0.39, 0.29) is 29.6 Å². The Morgan fingerprint density at radius 3 is 2.10 bits per heavy atom. The molecule has 1 aromatic heterocycles. The third kappa shape index (κ3) is 5.84. The van der Waals surface area contributed by atoms with Crippen LogP contribution in [-0.2, 0) is 22.0 Å². The molecule has 0 saturated carbocycles. The number of hydrogen-bond donors (Lipinski definition) is 1. The largest absolute Gasteiger partial charge is 0.456 e. The van der Waals surface area contributed by atoms with E-state index in [0.29, 0.717) is 11.1 Å². The highest BCUT2D eigenvalue weighted by atomic mass is 16.5. The quantitative estimate of drug-likeness (QED) is 0.534. The second-order valence-corrected chi connectivity index (χ2v) is 9.40. The molecule has 1 atom stereocenters. The maximum Gasteiger partial charge on any atom is 0.329 e. The minimum Gasteiger partial charge on any atom is -0.456 e. The van der Waals surface area contributed by atoms with Crippen LogP contribution in [0, 0.1) is 19.8 Å². The van der Waals surface area contributed by atoms with E-state index >= 15 is 0 Å². The molecule has 0 spiro atoms. The Labute approximate surface area is 185 Å². The second kappa shape index (κ2) is 9.50. The van der Waals surface area contributed by atoms with Crippen molar-refractivity contribution in [2.75, 3.05) is 6.61 Å². The zero-order chi connectivity index (χ0) is 23.5. The predicted molar refractivity (Wildman–Crippen MR) is 121 cm³/mol. The van der Waals surface area contributed by atoms with Crippen molar-refractivity contribution in [1.29, 1.82) is 0 Å². The normalized spacial score (nSPS) is 12.5. The third-order valence-electron chi connectivity index (χ3n) is 5.64. The van der Waals surface area contributed by atoms with Crippen molar-refractivity contribution in [3.05, 3.63) is 58.4 Å². The number of Topliss-reactive ketones (excluding diaryl/α,β-unsaturated/α-hetero) is 1. The lowest BCUT2D eigenvalue weighted by Gasteiger charge is -2.22. The van der Waals surface area contributed by atoms with E-state index in [1.165, 1.54) is 0 Å². The van der Waals surface area contributed by atoms with Gasteiger partial charge in [0.1, 0.15) is 6.04 Å². The van der Waals surface area contributed by atoms with Crippen molar-refractivity contribution >= 4 is 17.7 Å². The summed E-state index contributed by atoms with van der Waals surface area (Å²) in [6, 6.07) is 8.28. The zero-order valence-electron chi connectivity index (χ0n) is 19.8. The first kappa shape index (κ1) is 24.4. The highest BCUT2D eigenvalue weighted by Gasteiger charge is 2.27. The summed E-state index contributed by atoms with van der Waals surface area (Å²) in [5.41, 5.74) is 3.90. The first-order valence-corrected chi connectivity index (χ1v) is 10.6. The molecule has 0 radical (unpaired) electrons. The molecule has 0 bridgehead atoms. The van der Waals surface area contributed by atoms with E-state index in [4.69, 9.17) is 4.74 Å². The number of hydrogen-bond acceptors (Lipinski definition) is 4. The van der Waals surface area contributed by atoms with Crippen molar-refractivity contribution < 1.29 is 19.1 Å². The van der Waals surface area contributed by atoms with Gasteiger partial charge in [-0.05, 0) is 48.9 Å². The van der Waals surface area contributed by atoms with Crippen LogP contribution in [-0.4, -0.2) is 34.9 Å². The number of nitrogens with zero attached hydrogens (tertiary/aromatic N) is 1. The molecule has 1 amide bonds. The van der Waals surface area contributed by atoms with Gasteiger partial charge in [-0.1, -0.05) is 46.8 Å². The molecule has 2 rings (SSSR count). The van der Waals surface area contributed by atoms with Gasteiger partial charge in [-0.15, -0.1) is 0 Å². The Hall–Kier alpha value is -2.89. The van der Waals surface area contributed by atoms with Crippen LogP contribution >= 0.6 is 0 Å². The number of ether oxygens (including phenoxy) is 1. The number of amides is 1. The lowest BCUT2D eigenvalue weighted by Crippen LogP contribution is -2.45. The van der Waals surface area contributed by atoms with Crippen molar-refractivity contribution in [1.82, 2.24) is 9.88 Å². The van der Waals surface area contributed by atoms with Gasteiger partial charge >= 0.3 is 5.97 Å². The van der Waals surface area contributed by atoms with E-state index in [9.17, 15) is 14.4 Å². The molecule has 0 aliphatic rings. The van der Waals surface area contributed by atoms with Crippen LogP contribution in [0.15, 0.2) is 30.3 Å².